The first-order chi connectivity index (χ1) is 11.6. The number of Topliss-reactive ketones (excluding diaryl/α,β-unsaturated/α-hetero) is 1. The van der Waals surface area contributed by atoms with Crippen molar-refractivity contribution in [2.45, 2.75) is 13.3 Å². The molecule has 0 aliphatic rings. The number of aromatic amines is 1. The van der Waals surface area contributed by atoms with E-state index < -0.39 is 12.6 Å². The molecule has 0 spiro atoms. The summed E-state index contributed by atoms with van der Waals surface area (Å²) >= 11 is 0. The van der Waals surface area contributed by atoms with E-state index in [0.717, 1.165) is 22.9 Å². The van der Waals surface area contributed by atoms with Crippen LogP contribution in [0.5, 0.6) is 0 Å². The zero-order chi connectivity index (χ0) is 17.1. The molecule has 0 atom stereocenters. The molecule has 0 saturated carbocycles. The molecule has 0 aliphatic carbocycles. The molecule has 0 aliphatic heterocycles. The maximum atomic E-state index is 12.4. The van der Waals surface area contributed by atoms with Gasteiger partial charge in [-0.2, -0.15) is 4.73 Å². The average Bonchev–Trinajstić information content (AvgIpc) is 3.04. The van der Waals surface area contributed by atoms with Gasteiger partial charge in [0, 0.05) is 34.8 Å². The highest BCUT2D eigenvalue weighted by Crippen LogP contribution is 2.22. The van der Waals surface area contributed by atoms with Crippen molar-refractivity contribution < 1.29 is 19.1 Å². The van der Waals surface area contributed by atoms with Crippen LogP contribution in [0, 0.1) is 5.21 Å². The number of nitrogens with one attached hydrogen (secondary N) is 1. The maximum Gasteiger partial charge on any atom is 0.405 e. The summed E-state index contributed by atoms with van der Waals surface area (Å²) in [6, 6.07) is 10.1. The van der Waals surface area contributed by atoms with Crippen LogP contribution < -0.4 is 4.73 Å². The summed E-state index contributed by atoms with van der Waals surface area (Å²) in [7, 11) is 0. The molecule has 0 unspecified atom stereocenters. The summed E-state index contributed by atoms with van der Waals surface area (Å²) in [6.45, 7) is 1.62. The van der Waals surface area contributed by atoms with Gasteiger partial charge in [0.25, 0.3) is 0 Å². The van der Waals surface area contributed by atoms with Gasteiger partial charge in [0.1, 0.15) is 0 Å². The Labute approximate surface area is 138 Å². The molecule has 3 aromatic rings. The number of esters is 1. The third-order valence-electron chi connectivity index (χ3n) is 3.85. The molecule has 1 N–H and O–H groups in total. The van der Waals surface area contributed by atoms with E-state index in [0.29, 0.717) is 10.3 Å². The number of ketones is 1. The largest absolute Gasteiger partial charge is 0.618 e. The molecule has 0 saturated heterocycles. The van der Waals surface area contributed by atoms with E-state index in [1.165, 1.54) is 18.3 Å². The predicted molar refractivity (Wildman–Crippen MR) is 87.7 cm³/mol. The highest BCUT2D eigenvalue weighted by molar-refractivity contribution is 6.09. The van der Waals surface area contributed by atoms with E-state index in [-0.39, 0.29) is 11.5 Å². The molecule has 0 radical (unpaired) electrons. The molecule has 3 rings (SSSR count). The summed E-state index contributed by atoms with van der Waals surface area (Å²) < 4.78 is 5.39. The van der Waals surface area contributed by atoms with Gasteiger partial charge in [-0.05, 0) is 18.1 Å². The van der Waals surface area contributed by atoms with Crippen LogP contribution in [-0.2, 0) is 11.2 Å². The van der Waals surface area contributed by atoms with Gasteiger partial charge >= 0.3 is 11.7 Å². The number of para-hydroxylation sites is 1. The van der Waals surface area contributed by atoms with Crippen LogP contribution in [0.15, 0.2) is 48.8 Å². The summed E-state index contributed by atoms with van der Waals surface area (Å²) in [5.74, 6) is -1.15. The quantitative estimate of drug-likeness (QED) is 0.338. The van der Waals surface area contributed by atoms with Crippen molar-refractivity contribution in [1.82, 2.24) is 4.98 Å². The van der Waals surface area contributed by atoms with Crippen LogP contribution in [0.2, 0.25) is 0 Å². The molecule has 6 nitrogen and oxygen atoms in total. The van der Waals surface area contributed by atoms with Crippen LogP contribution >= 0.6 is 0 Å². The Hall–Kier alpha value is -3.15. The fraction of sp³-hybridized carbons (Fsp3) is 0.167. The van der Waals surface area contributed by atoms with Crippen LogP contribution in [-0.4, -0.2) is 23.3 Å². The molecular weight excluding hydrogens is 308 g/mol. The number of carbonyl (C=O) groups excluding carboxylic acids is 2. The van der Waals surface area contributed by atoms with Crippen LogP contribution in [0.3, 0.4) is 0 Å². The third kappa shape index (κ3) is 2.86. The second-order valence-electron chi connectivity index (χ2n) is 5.31. The fourth-order valence-corrected chi connectivity index (χ4v) is 2.61. The molecule has 122 valence electrons. The normalized spacial score (nSPS) is 10.7. The van der Waals surface area contributed by atoms with E-state index in [9.17, 15) is 14.8 Å². The van der Waals surface area contributed by atoms with Crippen LogP contribution in [0.4, 0.5) is 0 Å². The molecule has 1 aromatic carbocycles. The maximum absolute atomic E-state index is 12.4. The first-order valence-corrected chi connectivity index (χ1v) is 7.59. The van der Waals surface area contributed by atoms with Crippen molar-refractivity contribution in [3.63, 3.8) is 0 Å². The lowest BCUT2D eigenvalue weighted by Gasteiger charge is -2.05. The summed E-state index contributed by atoms with van der Waals surface area (Å²) in [4.78, 5) is 27.4. The smallest absolute Gasteiger partial charge is 0.405 e. The number of H-pyrrole nitrogens is 1. The van der Waals surface area contributed by atoms with Gasteiger partial charge in [-0.25, -0.2) is 4.79 Å². The van der Waals surface area contributed by atoms with Crippen molar-refractivity contribution in [1.29, 1.82) is 0 Å². The SMILES string of the molecule is CCc1cccc2c(C(=O)COC(=O)c3cccc[n+]3[O-])c[nH]c12. The lowest BCUT2D eigenvalue weighted by Crippen LogP contribution is -2.35. The van der Waals surface area contributed by atoms with E-state index >= 15 is 0 Å². The van der Waals surface area contributed by atoms with Crippen molar-refractivity contribution in [3.05, 3.63) is 70.8 Å². The zero-order valence-electron chi connectivity index (χ0n) is 13.1. The molecule has 24 heavy (non-hydrogen) atoms. The number of hydrogen-bond acceptors (Lipinski definition) is 4. The number of rotatable bonds is 5. The Balaban J connectivity index is 1.76. The summed E-state index contributed by atoms with van der Waals surface area (Å²) in [5, 5.41) is 12.3. The minimum Gasteiger partial charge on any atom is -0.618 e. The highest BCUT2D eigenvalue weighted by atomic mass is 16.5. The topological polar surface area (TPSA) is 86.1 Å². The predicted octanol–water partition coefficient (Wildman–Crippen LogP) is 2.40. The van der Waals surface area contributed by atoms with Crippen LogP contribution in [0.1, 0.15) is 33.3 Å². The lowest BCUT2D eigenvalue weighted by molar-refractivity contribution is -0.608. The highest BCUT2D eigenvalue weighted by Gasteiger charge is 2.20. The summed E-state index contributed by atoms with van der Waals surface area (Å²) in [6.07, 6.45) is 3.67. The number of hydrogen-bond donors (Lipinski definition) is 1. The number of nitrogens with zero attached hydrogens (tertiary/aromatic N) is 1. The minimum atomic E-state index is -0.826. The molecule has 2 aromatic heterocycles. The number of fused-ring (bicyclic) bond motifs is 1. The third-order valence-corrected chi connectivity index (χ3v) is 3.85. The molecule has 2 heterocycles. The van der Waals surface area contributed by atoms with Gasteiger partial charge in [-0.3, -0.25) is 4.79 Å². The van der Waals surface area contributed by atoms with Crippen LogP contribution in [0.25, 0.3) is 10.9 Å². The number of pyridine rings is 1. The fourth-order valence-electron chi connectivity index (χ4n) is 2.61. The minimum absolute atomic E-state index is 0.155. The van der Waals surface area contributed by atoms with Gasteiger partial charge < -0.3 is 14.9 Å². The second-order valence-corrected chi connectivity index (χ2v) is 5.31. The molecule has 0 amide bonds. The number of benzene rings is 1. The molecular formula is C18H16N2O4. The summed E-state index contributed by atoms with van der Waals surface area (Å²) in [5.41, 5.74) is 2.34. The second kappa shape index (κ2) is 6.54. The lowest BCUT2D eigenvalue weighted by atomic mass is 10.1. The van der Waals surface area contributed by atoms with Crippen molar-refractivity contribution in [3.8, 4) is 0 Å². The molecule has 6 heteroatoms. The number of aryl methyl sites for hydroxylation is 1. The van der Waals surface area contributed by atoms with E-state index in [1.54, 1.807) is 12.3 Å². The van der Waals surface area contributed by atoms with Gasteiger partial charge in [0.15, 0.2) is 12.8 Å². The van der Waals surface area contributed by atoms with E-state index in [4.69, 9.17) is 4.74 Å². The van der Waals surface area contributed by atoms with Crippen molar-refractivity contribution >= 4 is 22.7 Å². The number of ether oxygens (including phenoxy) is 1. The Morgan fingerprint density at radius 3 is 2.79 bits per heavy atom. The Bertz CT molecular complexity index is 914. The van der Waals surface area contributed by atoms with Gasteiger partial charge in [-0.15, -0.1) is 0 Å². The number of carbonyl (C=O) groups is 2. The van der Waals surface area contributed by atoms with Gasteiger partial charge in [0.05, 0.1) is 0 Å². The van der Waals surface area contributed by atoms with Gasteiger partial charge in [0.2, 0.25) is 5.78 Å². The zero-order valence-corrected chi connectivity index (χ0v) is 13.1. The first-order valence-electron chi connectivity index (χ1n) is 7.59. The molecule has 0 fully saturated rings. The van der Waals surface area contributed by atoms with E-state index in [1.807, 2.05) is 25.1 Å². The Kier molecular flexibility index (Phi) is 4.29. The Morgan fingerprint density at radius 2 is 2.04 bits per heavy atom. The average molecular weight is 324 g/mol. The van der Waals surface area contributed by atoms with Crippen molar-refractivity contribution in [2.24, 2.45) is 0 Å². The van der Waals surface area contributed by atoms with E-state index in [2.05, 4.69) is 4.98 Å². The molecule has 0 bridgehead atoms. The van der Waals surface area contributed by atoms with Gasteiger partial charge in [-0.1, -0.05) is 25.1 Å². The number of aromatic nitrogens is 2. The van der Waals surface area contributed by atoms with Crippen molar-refractivity contribution in [2.75, 3.05) is 6.61 Å². The standard InChI is InChI=1S/C18H16N2O4/c1-2-12-6-5-7-13-14(10-19-17(12)13)16(21)11-24-18(22)15-8-3-4-9-20(15)23/h3-10,19H,2,11H2,1H3. The first kappa shape index (κ1) is 15.7. The Morgan fingerprint density at radius 1 is 1.21 bits per heavy atom. The monoisotopic (exact) mass is 324 g/mol.